The molecule has 2 saturated carbocycles. The van der Waals surface area contributed by atoms with Gasteiger partial charge in [-0.25, -0.2) is 0 Å². The van der Waals surface area contributed by atoms with Crippen LogP contribution in [0.25, 0.3) is 0 Å². The molecule has 0 aliphatic heterocycles. The predicted molar refractivity (Wildman–Crippen MR) is 113 cm³/mol. The summed E-state index contributed by atoms with van der Waals surface area (Å²) in [5, 5.41) is 0. The van der Waals surface area contributed by atoms with E-state index in [9.17, 15) is 0 Å². The minimum absolute atomic E-state index is 0.490. The topological polar surface area (TPSA) is 9.23 Å². The number of methoxy groups -OCH3 is 1. The Labute approximate surface area is 165 Å². The van der Waals surface area contributed by atoms with Crippen LogP contribution in [0.4, 0.5) is 0 Å². The van der Waals surface area contributed by atoms with Gasteiger partial charge in [-0.3, -0.25) is 0 Å². The van der Waals surface area contributed by atoms with Crippen LogP contribution in [0.2, 0.25) is 0 Å². The van der Waals surface area contributed by atoms with Gasteiger partial charge in [0.15, 0.2) is 0 Å². The van der Waals surface area contributed by atoms with Gasteiger partial charge in [0.05, 0.1) is 6.10 Å². The van der Waals surface area contributed by atoms with E-state index in [4.69, 9.17) is 4.74 Å². The molecule has 2 fully saturated rings. The van der Waals surface area contributed by atoms with Crippen molar-refractivity contribution in [3.63, 3.8) is 0 Å². The Bertz CT molecular complexity index is 707. The van der Waals surface area contributed by atoms with Crippen molar-refractivity contribution in [2.24, 2.45) is 5.92 Å². The minimum Gasteiger partial charge on any atom is -0.381 e. The Morgan fingerprint density at radius 3 is 1.96 bits per heavy atom. The van der Waals surface area contributed by atoms with Gasteiger partial charge < -0.3 is 4.74 Å². The van der Waals surface area contributed by atoms with E-state index >= 15 is 0 Å². The molecule has 0 spiro atoms. The van der Waals surface area contributed by atoms with E-state index in [-0.39, 0.29) is 0 Å². The van der Waals surface area contributed by atoms with Crippen LogP contribution in [0.3, 0.4) is 0 Å². The Balaban J connectivity index is 1.32. The summed E-state index contributed by atoms with van der Waals surface area (Å²) in [5.41, 5.74) is 5.98. The fraction of sp³-hybridized carbons (Fsp3) is 0.538. The highest BCUT2D eigenvalue weighted by atomic mass is 16.5. The second-order valence-electron chi connectivity index (χ2n) is 8.94. The SMILES string of the molecule is COC1CCC(c2ccc(C3CCC(Cc4ccc(C)cc4)C3)cc2)CC1. The van der Waals surface area contributed by atoms with Crippen LogP contribution in [0.5, 0.6) is 0 Å². The zero-order chi connectivity index (χ0) is 18.6. The lowest BCUT2D eigenvalue weighted by Crippen LogP contribution is -2.19. The lowest BCUT2D eigenvalue weighted by molar-refractivity contribution is 0.0658. The van der Waals surface area contributed by atoms with Crippen LogP contribution in [0, 0.1) is 12.8 Å². The lowest BCUT2D eigenvalue weighted by Gasteiger charge is -2.28. The second kappa shape index (κ2) is 8.61. The van der Waals surface area contributed by atoms with E-state index in [0.717, 1.165) is 17.8 Å². The van der Waals surface area contributed by atoms with E-state index in [2.05, 4.69) is 55.5 Å². The molecule has 0 saturated heterocycles. The van der Waals surface area contributed by atoms with E-state index in [1.165, 1.54) is 62.5 Å². The third kappa shape index (κ3) is 4.63. The number of aryl methyl sites for hydroxylation is 1. The molecule has 0 amide bonds. The molecule has 0 aromatic heterocycles. The van der Waals surface area contributed by atoms with Gasteiger partial charge in [-0.05, 0) is 92.7 Å². The van der Waals surface area contributed by atoms with Gasteiger partial charge in [0, 0.05) is 7.11 Å². The minimum atomic E-state index is 0.490. The van der Waals surface area contributed by atoms with E-state index in [1.54, 1.807) is 11.1 Å². The zero-order valence-corrected chi connectivity index (χ0v) is 17.0. The van der Waals surface area contributed by atoms with Gasteiger partial charge in [0.2, 0.25) is 0 Å². The van der Waals surface area contributed by atoms with Crippen molar-refractivity contribution in [3.05, 3.63) is 70.8 Å². The molecule has 2 aliphatic rings. The average Bonchev–Trinajstić information content (AvgIpc) is 3.18. The maximum Gasteiger partial charge on any atom is 0.0571 e. The predicted octanol–water partition coefficient (Wildman–Crippen LogP) is 6.79. The number of benzene rings is 2. The molecule has 2 atom stereocenters. The highest BCUT2D eigenvalue weighted by molar-refractivity contribution is 5.29. The van der Waals surface area contributed by atoms with Crippen molar-refractivity contribution in [2.45, 2.75) is 76.2 Å². The Morgan fingerprint density at radius 1 is 0.741 bits per heavy atom. The summed E-state index contributed by atoms with van der Waals surface area (Å²) in [7, 11) is 1.85. The van der Waals surface area contributed by atoms with E-state index < -0.39 is 0 Å². The second-order valence-corrected chi connectivity index (χ2v) is 8.94. The fourth-order valence-corrected chi connectivity index (χ4v) is 5.29. The van der Waals surface area contributed by atoms with Crippen molar-refractivity contribution >= 4 is 0 Å². The highest BCUT2D eigenvalue weighted by Gasteiger charge is 2.27. The molecule has 0 bridgehead atoms. The van der Waals surface area contributed by atoms with E-state index in [1.807, 2.05) is 7.11 Å². The molecule has 2 aliphatic carbocycles. The maximum atomic E-state index is 5.52. The summed E-state index contributed by atoms with van der Waals surface area (Å²) in [6.07, 6.45) is 10.8. The van der Waals surface area contributed by atoms with Gasteiger partial charge in [0.1, 0.15) is 0 Å². The largest absolute Gasteiger partial charge is 0.381 e. The molecule has 0 N–H and O–H groups in total. The quantitative estimate of drug-likeness (QED) is 0.568. The molecule has 0 radical (unpaired) electrons. The Kier molecular flexibility index (Phi) is 5.98. The summed E-state index contributed by atoms with van der Waals surface area (Å²) in [4.78, 5) is 0. The molecular weight excluding hydrogens is 328 g/mol. The summed E-state index contributed by atoms with van der Waals surface area (Å²) in [6.45, 7) is 2.17. The summed E-state index contributed by atoms with van der Waals surface area (Å²) in [6, 6.07) is 18.8. The van der Waals surface area contributed by atoms with Gasteiger partial charge in [-0.1, -0.05) is 54.1 Å². The van der Waals surface area contributed by atoms with Crippen LogP contribution in [-0.4, -0.2) is 13.2 Å². The Hall–Kier alpha value is -1.60. The van der Waals surface area contributed by atoms with Crippen molar-refractivity contribution in [2.75, 3.05) is 7.11 Å². The van der Waals surface area contributed by atoms with Crippen LogP contribution >= 0.6 is 0 Å². The first-order chi connectivity index (χ1) is 13.2. The van der Waals surface area contributed by atoms with Crippen LogP contribution in [0.1, 0.15) is 79.0 Å². The normalized spacial score (nSPS) is 28.4. The van der Waals surface area contributed by atoms with Gasteiger partial charge in [0.25, 0.3) is 0 Å². The molecule has 1 heteroatoms. The molecule has 0 heterocycles. The molecule has 1 nitrogen and oxygen atoms in total. The monoisotopic (exact) mass is 362 g/mol. The van der Waals surface area contributed by atoms with Crippen LogP contribution in [-0.2, 0) is 11.2 Å². The molecule has 2 unspecified atom stereocenters. The molecule has 144 valence electrons. The standard InChI is InChI=1S/C26H34O/c1-19-3-5-20(6-4-19)17-21-7-8-25(18-21)24-11-9-22(10-12-24)23-13-15-26(27-2)16-14-23/h3-6,9-12,21,23,25-26H,7-8,13-18H2,1-2H3. The maximum absolute atomic E-state index is 5.52. The first kappa shape index (κ1) is 18.7. The van der Waals surface area contributed by atoms with Gasteiger partial charge in [-0.15, -0.1) is 0 Å². The first-order valence-electron chi connectivity index (χ1n) is 10.9. The highest BCUT2D eigenvalue weighted by Crippen LogP contribution is 2.41. The summed E-state index contributed by atoms with van der Waals surface area (Å²) in [5.74, 6) is 2.35. The third-order valence-electron chi connectivity index (χ3n) is 7.07. The zero-order valence-electron chi connectivity index (χ0n) is 17.0. The van der Waals surface area contributed by atoms with E-state index in [0.29, 0.717) is 6.10 Å². The molecule has 2 aromatic rings. The first-order valence-corrected chi connectivity index (χ1v) is 10.9. The number of hydrogen-bond acceptors (Lipinski definition) is 1. The molecule has 4 rings (SSSR count). The summed E-state index contributed by atoms with van der Waals surface area (Å²) < 4.78 is 5.52. The van der Waals surface area contributed by atoms with Crippen molar-refractivity contribution in [1.29, 1.82) is 0 Å². The van der Waals surface area contributed by atoms with Gasteiger partial charge in [-0.2, -0.15) is 0 Å². The third-order valence-corrected chi connectivity index (χ3v) is 7.07. The fourth-order valence-electron chi connectivity index (χ4n) is 5.29. The smallest absolute Gasteiger partial charge is 0.0571 e. The number of hydrogen-bond donors (Lipinski definition) is 0. The van der Waals surface area contributed by atoms with Crippen molar-refractivity contribution in [3.8, 4) is 0 Å². The summed E-state index contributed by atoms with van der Waals surface area (Å²) >= 11 is 0. The average molecular weight is 363 g/mol. The Morgan fingerprint density at radius 2 is 1.33 bits per heavy atom. The molecule has 2 aromatic carbocycles. The number of ether oxygens (including phenoxy) is 1. The van der Waals surface area contributed by atoms with Crippen molar-refractivity contribution < 1.29 is 4.74 Å². The molecular formula is C26H34O. The lowest BCUT2D eigenvalue weighted by atomic mass is 9.82. The number of rotatable bonds is 5. The van der Waals surface area contributed by atoms with Crippen molar-refractivity contribution in [1.82, 2.24) is 0 Å². The van der Waals surface area contributed by atoms with Gasteiger partial charge >= 0.3 is 0 Å². The van der Waals surface area contributed by atoms with Crippen LogP contribution in [0.15, 0.2) is 48.5 Å². The van der Waals surface area contributed by atoms with Crippen LogP contribution < -0.4 is 0 Å². The molecule has 27 heavy (non-hydrogen) atoms.